The Morgan fingerprint density at radius 1 is 1.19 bits per heavy atom. The predicted octanol–water partition coefficient (Wildman–Crippen LogP) is 3.28. The molecule has 2 bridgehead atoms. The van der Waals surface area contributed by atoms with Gasteiger partial charge in [0.15, 0.2) is 0 Å². The largest absolute Gasteiger partial charge is 0.476 e. The van der Waals surface area contributed by atoms with E-state index in [0.29, 0.717) is 5.92 Å². The van der Waals surface area contributed by atoms with Crippen molar-refractivity contribution in [2.45, 2.75) is 44.9 Å². The third kappa shape index (κ3) is 3.86. The second-order valence-corrected chi connectivity index (χ2v) is 6.05. The average molecular weight is 312 g/mol. The Morgan fingerprint density at radius 2 is 1.95 bits per heavy atom. The van der Waals surface area contributed by atoms with Crippen LogP contribution >= 0.6 is 12.4 Å². The maximum absolute atomic E-state index is 5.91. The first-order valence-corrected chi connectivity index (χ1v) is 8.04. The molecule has 3 aliphatic heterocycles. The molecule has 0 radical (unpaired) electrons. The van der Waals surface area contributed by atoms with E-state index in [2.05, 4.69) is 21.8 Å². The number of nitrogens with zero attached hydrogens (tertiary/aromatic N) is 3. The topological polar surface area (TPSA) is 38.3 Å². The molecular weight excluding hydrogens is 286 g/mol. The van der Waals surface area contributed by atoms with Gasteiger partial charge in [0.2, 0.25) is 5.88 Å². The van der Waals surface area contributed by atoms with Crippen LogP contribution in [0.3, 0.4) is 0 Å². The predicted molar refractivity (Wildman–Crippen MR) is 86.2 cm³/mol. The number of hydrogen-bond donors (Lipinski definition) is 0. The van der Waals surface area contributed by atoms with E-state index < -0.39 is 0 Å². The fraction of sp³-hybridized carbons (Fsp3) is 0.750. The molecule has 0 aromatic carbocycles. The normalized spacial score (nSPS) is 27.2. The Labute approximate surface area is 133 Å². The van der Waals surface area contributed by atoms with Crippen molar-refractivity contribution in [2.75, 3.05) is 26.2 Å². The molecule has 3 aliphatic rings. The van der Waals surface area contributed by atoms with Gasteiger partial charge in [-0.1, -0.05) is 19.8 Å². The van der Waals surface area contributed by atoms with E-state index in [9.17, 15) is 0 Å². The van der Waals surface area contributed by atoms with Crippen molar-refractivity contribution in [3.05, 3.63) is 18.1 Å². The Bertz CT molecular complexity index is 435. The first-order chi connectivity index (χ1) is 9.88. The maximum Gasteiger partial charge on any atom is 0.235 e. The van der Waals surface area contributed by atoms with Crippen LogP contribution in [0.4, 0.5) is 0 Å². The lowest BCUT2D eigenvalue weighted by Gasteiger charge is -2.44. The number of halogens is 1. The molecule has 118 valence electrons. The summed E-state index contributed by atoms with van der Waals surface area (Å²) in [5, 5.41) is 0. The van der Waals surface area contributed by atoms with Crippen molar-refractivity contribution in [3.63, 3.8) is 0 Å². The van der Waals surface area contributed by atoms with Gasteiger partial charge in [-0.3, -0.25) is 4.98 Å². The smallest absolute Gasteiger partial charge is 0.235 e. The number of rotatable bonds is 6. The third-order valence-corrected chi connectivity index (χ3v) is 4.69. The highest BCUT2D eigenvalue weighted by Crippen LogP contribution is 2.40. The summed E-state index contributed by atoms with van der Waals surface area (Å²) in [7, 11) is 0. The summed E-state index contributed by atoms with van der Waals surface area (Å²) in [5.41, 5.74) is 1.10. The fourth-order valence-corrected chi connectivity index (χ4v) is 3.50. The summed E-state index contributed by atoms with van der Waals surface area (Å²) < 4.78 is 5.91. The minimum atomic E-state index is 0. The Morgan fingerprint density at radius 3 is 2.62 bits per heavy atom. The van der Waals surface area contributed by atoms with Gasteiger partial charge in [0.05, 0.1) is 6.61 Å². The van der Waals surface area contributed by atoms with Gasteiger partial charge in [0, 0.05) is 24.9 Å². The molecule has 5 heteroatoms. The summed E-state index contributed by atoms with van der Waals surface area (Å²) in [5.74, 6) is 2.07. The summed E-state index contributed by atoms with van der Waals surface area (Å²) in [6, 6.07) is 0. The van der Waals surface area contributed by atoms with Gasteiger partial charge in [-0.25, -0.2) is 4.98 Å². The summed E-state index contributed by atoms with van der Waals surface area (Å²) in [6.45, 7) is 6.62. The van der Waals surface area contributed by atoms with Crippen LogP contribution < -0.4 is 4.74 Å². The van der Waals surface area contributed by atoms with Gasteiger partial charge in [0.1, 0.15) is 5.69 Å². The van der Waals surface area contributed by atoms with Gasteiger partial charge in [-0.2, -0.15) is 0 Å². The van der Waals surface area contributed by atoms with E-state index in [0.717, 1.165) is 37.1 Å². The van der Waals surface area contributed by atoms with E-state index in [4.69, 9.17) is 4.74 Å². The number of hydrogen-bond acceptors (Lipinski definition) is 4. The first-order valence-electron chi connectivity index (χ1n) is 8.04. The molecule has 0 saturated carbocycles. The SMILES string of the molecule is CCCCCOc1nccnc1C1CN2CCC1CC2.Cl. The van der Waals surface area contributed by atoms with Crippen molar-refractivity contribution in [3.8, 4) is 5.88 Å². The van der Waals surface area contributed by atoms with Crippen molar-refractivity contribution in [1.82, 2.24) is 14.9 Å². The second-order valence-electron chi connectivity index (χ2n) is 6.05. The molecule has 4 nitrogen and oxygen atoms in total. The lowest BCUT2D eigenvalue weighted by molar-refractivity contribution is 0.0834. The minimum absolute atomic E-state index is 0. The Hall–Kier alpha value is -0.870. The molecule has 0 spiro atoms. The van der Waals surface area contributed by atoms with E-state index in [1.807, 2.05) is 6.20 Å². The first kappa shape index (κ1) is 16.5. The second kappa shape index (κ2) is 7.95. The monoisotopic (exact) mass is 311 g/mol. The molecule has 0 amide bonds. The van der Waals surface area contributed by atoms with Gasteiger partial charge in [-0.05, 0) is 38.3 Å². The van der Waals surface area contributed by atoms with Crippen molar-refractivity contribution >= 4 is 12.4 Å². The molecule has 4 heterocycles. The molecule has 0 N–H and O–H groups in total. The van der Waals surface area contributed by atoms with Crippen molar-refractivity contribution in [1.29, 1.82) is 0 Å². The highest BCUT2D eigenvalue weighted by atomic mass is 35.5. The van der Waals surface area contributed by atoms with Gasteiger partial charge in [-0.15, -0.1) is 12.4 Å². The molecular formula is C16H26ClN3O. The average Bonchev–Trinajstić information content (AvgIpc) is 2.53. The molecule has 1 aromatic heterocycles. The minimum Gasteiger partial charge on any atom is -0.476 e. The third-order valence-electron chi connectivity index (χ3n) is 4.69. The van der Waals surface area contributed by atoms with Crippen LogP contribution in [0.2, 0.25) is 0 Å². The maximum atomic E-state index is 5.91. The molecule has 1 aromatic rings. The van der Waals surface area contributed by atoms with Crippen LogP contribution in [0.15, 0.2) is 12.4 Å². The highest BCUT2D eigenvalue weighted by Gasteiger charge is 2.37. The molecule has 1 unspecified atom stereocenters. The zero-order chi connectivity index (χ0) is 13.8. The zero-order valence-electron chi connectivity index (χ0n) is 12.8. The van der Waals surface area contributed by atoms with E-state index in [1.54, 1.807) is 6.20 Å². The standard InChI is InChI=1S/C16H25N3O.ClH/c1-2-3-4-11-20-16-15(17-7-8-18-16)14-12-19-9-5-13(14)6-10-19;/h7-8,13-14H,2-6,9-12H2,1H3;1H. The number of aromatic nitrogens is 2. The molecule has 21 heavy (non-hydrogen) atoms. The molecule has 3 fully saturated rings. The van der Waals surface area contributed by atoms with Crippen LogP contribution in [0, 0.1) is 5.92 Å². The number of ether oxygens (including phenoxy) is 1. The van der Waals surface area contributed by atoms with Crippen LogP contribution in [0.1, 0.15) is 50.6 Å². The number of piperidine rings is 3. The number of unbranched alkanes of at least 4 members (excludes halogenated alkanes) is 2. The molecule has 4 rings (SSSR count). The van der Waals surface area contributed by atoms with Gasteiger partial charge < -0.3 is 9.64 Å². The fourth-order valence-electron chi connectivity index (χ4n) is 3.50. The van der Waals surface area contributed by atoms with Crippen molar-refractivity contribution < 1.29 is 4.74 Å². The van der Waals surface area contributed by atoms with Gasteiger partial charge >= 0.3 is 0 Å². The molecule has 3 saturated heterocycles. The Balaban J connectivity index is 0.00000161. The summed E-state index contributed by atoms with van der Waals surface area (Å²) in [6.07, 6.45) is 9.71. The van der Waals surface area contributed by atoms with Gasteiger partial charge in [0.25, 0.3) is 0 Å². The summed E-state index contributed by atoms with van der Waals surface area (Å²) >= 11 is 0. The van der Waals surface area contributed by atoms with Crippen molar-refractivity contribution in [2.24, 2.45) is 5.92 Å². The van der Waals surface area contributed by atoms with Crippen LogP contribution in [-0.2, 0) is 0 Å². The van der Waals surface area contributed by atoms with E-state index in [-0.39, 0.29) is 12.4 Å². The quantitative estimate of drug-likeness (QED) is 0.756. The lowest BCUT2D eigenvalue weighted by Crippen LogP contribution is -2.46. The lowest BCUT2D eigenvalue weighted by atomic mass is 9.77. The highest BCUT2D eigenvalue weighted by molar-refractivity contribution is 5.85. The molecule has 0 aliphatic carbocycles. The van der Waals surface area contributed by atoms with E-state index >= 15 is 0 Å². The summed E-state index contributed by atoms with van der Waals surface area (Å²) in [4.78, 5) is 11.6. The Kier molecular flexibility index (Phi) is 6.24. The van der Waals surface area contributed by atoms with Crippen LogP contribution in [0.25, 0.3) is 0 Å². The number of fused-ring (bicyclic) bond motifs is 3. The van der Waals surface area contributed by atoms with Crippen LogP contribution in [-0.4, -0.2) is 41.1 Å². The van der Waals surface area contributed by atoms with Crippen LogP contribution in [0.5, 0.6) is 5.88 Å². The zero-order valence-corrected chi connectivity index (χ0v) is 13.6. The molecule has 1 atom stereocenters. The van der Waals surface area contributed by atoms with E-state index in [1.165, 1.54) is 38.8 Å².